The van der Waals surface area contributed by atoms with Crippen molar-refractivity contribution in [1.82, 2.24) is 9.88 Å². The molecule has 7 heteroatoms. The molecule has 0 aliphatic carbocycles. The van der Waals surface area contributed by atoms with Crippen molar-refractivity contribution in [2.75, 3.05) is 19.7 Å². The molecule has 1 aliphatic rings. The van der Waals surface area contributed by atoms with Gasteiger partial charge in [-0.1, -0.05) is 12.1 Å². The summed E-state index contributed by atoms with van der Waals surface area (Å²) < 4.78 is 6.29. The number of rotatable bonds is 4. The smallest absolute Gasteiger partial charge is 0.348 e. The van der Waals surface area contributed by atoms with Crippen molar-refractivity contribution in [3.8, 4) is 9.88 Å². The van der Waals surface area contributed by atoms with Crippen molar-refractivity contribution >= 4 is 44.8 Å². The van der Waals surface area contributed by atoms with Gasteiger partial charge in [-0.05, 0) is 37.1 Å². The van der Waals surface area contributed by atoms with Crippen LogP contribution in [0.1, 0.15) is 22.5 Å². The van der Waals surface area contributed by atoms with E-state index < -0.39 is 5.97 Å². The largest absolute Gasteiger partial charge is 0.451 e. The number of ether oxygens (including phenoxy) is 1. The number of aromatic nitrogens is 1. The van der Waals surface area contributed by atoms with Crippen molar-refractivity contribution in [2.45, 2.75) is 12.8 Å². The van der Waals surface area contributed by atoms with Gasteiger partial charge in [0.1, 0.15) is 9.88 Å². The van der Waals surface area contributed by atoms with Gasteiger partial charge >= 0.3 is 5.97 Å². The number of para-hydroxylation sites is 1. The van der Waals surface area contributed by atoms with Crippen LogP contribution in [-0.2, 0) is 9.53 Å². The highest BCUT2D eigenvalue weighted by molar-refractivity contribution is 7.26. The number of thiophene rings is 1. The molecule has 0 radical (unpaired) electrons. The zero-order valence-electron chi connectivity index (χ0n) is 13.4. The van der Waals surface area contributed by atoms with Crippen LogP contribution in [0.5, 0.6) is 0 Å². The van der Waals surface area contributed by atoms with E-state index in [0.717, 1.165) is 46.0 Å². The van der Waals surface area contributed by atoms with Crippen molar-refractivity contribution in [3.63, 3.8) is 0 Å². The van der Waals surface area contributed by atoms with Gasteiger partial charge in [0, 0.05) is 13.1 Å². The Bertz CT molecular complexity index is 892. The zero-order chi connectivity index (χ0) is 17.2. The number of nitrogens with zero attached hydrogens (tertiary/aromatic N) is 2. The van der Waals surface area contributed by atoms with E-state index in [-0.39, 0.29) is 12.5 Å². The van der Waals surface area contributed by atoms with Crippen LogP contribution in [0, 0.1) is 0 Å². The molecular weight excluding hydrogens is 356 g/mol. The Morgan fingerprint density at radius 2 is 1.88 bits per heavy atom. The summed E-state index contributed by atoms with van der Waals surface area (Å²) in [5.41, 5.74) is 0.955. The van der Waals surface area contributed by atoms with Crippen molar-refractivity contribution < 1.29 is 14.3 Å². The zero-order valence-corrected chi connectivity index (χ0v) is 15.1. The standard InChI is InChI=1S/C18H16N2O3S2/c21-16(20-9-3-4-10-20)11-23-18(22)15-8-7-14(24-15)17-19-12-5-1-2-6-13(12)25-17/h1-2,5-8H,3-4,9-11H2. The van der Waals surface area contributed by atoms with E-state index in [1.54, 1.807) is 22.3 Å². The van der Waals surface area contributed by atoms with Crippen LogP contribution < -0.4 is 0 Å². The lowest BCUT2D eigenvalue weighted by Crippen LogP contribution is -2.31. The molecule has 0 atom stereocenters. The van der Waals surface area contributed by atoms with Crippen molar-refractivity contribution in [2.24, 2.45) is 0 Å². The number of fused-ring (bicyclic) bond motifs is 1. The van der Waals surface area contributed by atoms with E-state index in [2.05, 4.69) is 4.98 Å². The van der Waals surface area contributed by atoms with Crippen molar-refractivity contribution in [3.05, 3.63) is 41.3 Å². The summed E-state index contributed by atoms with van der Waals surface area (Å²) in [5, 5.41) is 0.887. The molecule has 3 heterocycles. The predicted molar refractivity (Wildman–Crippen MR) is 99.0 cm³/mol. The molecule has 0 spiro atoms. The fourth-order valence-electron chi connectivity index (χ4n) is 2.80. The van der Waals surface area contributed by atoms with E-state index in [4.69, 9.17) is 4.74 Å². The fourth-order valence-corrected chi connectivity index (χ4v) is 4.72. The van der Waals surface area contributed by atoms with Crippen LogP contribution in [0.4, 0.5) is 0 Å². The highest BCUT2D eigenvalue weighted by Crippen LogP contribution is 2.34. The number of benzene rings is 1. The Morgan fingerprint density at radius 3 is 2.68 bits per heavy atom. The van der Waals surface area contributed by atoms with Crippen LogP contribution in [0.25, 0.3) is 20.1 Å². The van der Waals surface area contributed by atoms with Gasteiger partial charge < -0.3 is 9.64 Å². The molecule has 0 saturated carbocycles. The molecule has 1 saturated heterocycles. The number of esters is 1. The highest BCUT2D eigenvalue weighted by Gasteiger charge is 2.20. The third kappa shape index (κ3) is 3.43. The summed E-state index contributed by atoms with van der Waals surface area (Å²) in [5.74, 6) is -0.571. The molecule has 4 rings (SSSR count). The van der Waals surface area contributed by atoms with E-state index in [9.17, 15) is 9.59 Å². The van der Waals surface area contributed by atoms with Gasteiger partial charge in [-0.25, -0.2) is 9.78 Å². The van der Waals surface area contributed by atoms with Crippen molar-refractivity contribution in [1.29, 1.82) is 0 Å². The first-order valence-corrected chi connectivity index (χ1v) is 9.75. The average molecular weight is 372 g/mol. The summed E-state index contributed by atoms with van der Waals surface area (Å²) in [4.78, 5) is 31.9. The third-order valence-electron chi connectivity index (χ3n) is 4.10. The number of hydrogen-bond donors (Lipinski definition) is 0. The Balaban J connectivity index is 1.43. The second-order valence-electron chi connectivity index (χ2n) is 5.81. The number of carbonyl (C=O) groups excluding carboxylic acids is 2. The van der Waals surface area contributed by atoms with Gasteiger partial charge in [0.15, 0.2) is 6.61 Å². The Morgan fingerprint density at radius 1 is 1.08 bits per heavy atom. The van der Waals surface area contributed by atoms with Crippen LogP contribution >= 0.6 is 22.7 Å². The number of likely N-dealkylation sites (tertiary alicyclic amines) is 1. The molecule has 0 N–H and O–H groups in total. The lowest BCUT2D eigenvalue weighted by Gasteiger charge is -2.14. The minimum Gasteiger partial charge on any atom is -0.451 e. The first-order chi connectivity index (χ1) is 12.2. The Kier molecular flexibility index (Phi) is 4.50. The quantitative estimate of drug-likeness (QED) is 0.654. The first kappa shape index (κ1) is 16.2. The first-order valence-electron chi connectivity index (χ1n) is 8.11. The maximum atomic E-state index is 12.2. The highest BCUT2D eigenvalue weighted by atomic mass is 32.1. The second kappa shape index (κ2) is 6.93. The molecule has 0 unspecified atom stereocenters. The molecule has 1 amide bonds. The molecule has 128 valence electrons. The molecule has 25 heavy (non-hydrogen) atoms. The topological polar surface area (TPSA) is 59.5 Å². The summed E-state index contributed by atoms with van der Waals surface area (Å²) in [6, 6.07) is 11.6. The monoisotopic (exact) mass is 372 g/mol. The molecule has 1 aromatic carbocycles. The lowest BCUT2D eigenvalue weighted by molar-refractivity contribution is -0.133. The van der Waals surface area contributed by atoms with E-state index in [1.807, 2.05) is 30.3 Å². The molecule has 2 aromatic heterocycles. The Labute approximate surface area is 152 Å². The maximum absolute atomic E-state index is 12.2. The molecular formula is C18H16N2O3S2. The lowest BCUT2D eigenvalue weighted by atomic mass is 10.3. The molecule has 5 nitrogen and oxygen atoms in total. The maximum Gasteiger partial charge on any atom is 0.348 e. The van der Waals surface area contributed by atoms with Crippen LogP contribution in [0.15, 0.2) is 36.4 Å². The summed E-state index contributed by atoms with van der Waals surface area (Å²) in [7, 11) is 0. The number of thiazole rings is 1. The van der Waals surface area contributed by atoms with Gasteiger partial charge in [0.05, 0.1) is 15.1 Å². The van der Waals surface area contributed by atoms with Gasteiger partial charge in [-0.2, -0.15) is 0 Å². The number of carbonyl (C=O) groups is 2. The summed E-state index contributed by atoms with van der Waals surface area (Å²) >= 11 is 2.94. The summed E-state index contributed by atoms with van der Waals surface area (Å²) in [6.07, 6.45) is 2.05. The van der Waals surface area contributed by atoms with Gasteiger partial charge in [0.2, 0.25) is 0 Å². The van der Waals surface area contributed by atoms with E-state index >= 15 is 0 Å². The van der Waals surface area contributed by atoms with Crippen LogP contribution in [0.3, 0.4) is 0 Å². The minimum atomic E-state index is -0.454. The predicted octanol–water partition coefficient (Wildman–Crippen LogP) is 3.80. The number of amides is 1. The normalized spacial score (nSPS) is 14.2. The SMILES string of the molecule is O=C(OCC(=O)N1CCCC1)c1ccc(-c2nc3ccccc3s2)s1. The minimum absolute atomic E-state index is 0.117. The average Bonchev–Trinajstić information content (AvgIpc) is 3.38. The number of hydrogen-bond acceptors (Lipinski definition) is 6. The second-order valence-corrected chi connectivity index (χ2v) is 7.93. The van der Waals surface area contributed by atoms with Gasteiger partial charge in [-0.3, -0.25) is 4.79 Å². The Hall–Kier alpha value is -2.25. The molecule has 0 bridgehead atoms. The van der Waals surface area contributed by atoms with Gasteiger partial charge in [-0.15, -0.1) is 22.7 Å². The van der Waals surface area contributed by atoms with Crippen LogP contribution in [-0.4, -0.2) is 41.5 Å². The fraction of sp³-hybridized carbons (Fsp3) is 0.278. The van der Waals surface area contributed by atoms with Gasteiger partial charge in [0.25, 0.3) is 5.91 Å². The molecule has 3 aromatic rings. The van der Waals surface area contributed by atoms with E-state index in [0.29, 0.717) is 4.88 Å². The van der Waals surface area contributed by atoms with E-state index in [1.165, 1.54) is 11.3 Å². The molecule has 1 fully saturated rings. The third-order valence-corrected chi connectivity index (χ3v) is 6.37. The molecule has 1 aliphatic heterocycles. The van der Waals surface area contributed by atoms with Crippen LogP contribution in [0.2, 0.25) is 0 Å². The summed E-state index contributed by atoms with van der Waals surface area (Å²) in [6.45, 7) is 1.33.